The first-order chi connectivity index (χ1) is 9.69. The summed E-state index contributed by atoms with van der Waals surface area (Å²) in [4.78, 5) is 4.74. The molecule has 0 aliphatic rings. The highest BCUT2D eigenvalue weighted by Gasteiger charge is 2.10. The summed E-state index contributed by atoms with van der Waals surface area (Å²) in [5.74, 6) is 1.39. The number of aromatic hydroxyl groups is 1. The fourth-order valence-electron chi connectivity index (χ4n) is 2.66. The number of para-hydroxylation sites is 2. The van der Waals surface area contributed by atoms with Gasteiger partial charge < -0.3 is 9.67 Å². The van der Waals surface area contributed by atoms with Gasteiger partial charge in [-0.05, 0) is 49.2 Å². The van der Waals surface area contributed by atoms with Crippen molar-refractivity contribution < 1.29 is 5.11 Å². The van der Waals surface area contributed by atoms with Gasteiger partial charge in [0.2, 0.25) is 0 Å². The molecule has 0 aliphatic heterocycles. The highest BCUT2D eigenvalue weighted by atomic mass is 16.3. The molecule has 0 spiro atoms. The van der Waals surface area contributed by atoms with Gasteiger partial charge in [-0.15, -0.1) is 0 Å². The minimum atomic E-state index is 0.315. The number of phenolic OH excluding ortho intramolecular Hbond substituents is 1. The summed E-state index contributed by atoms with van der Waals surface area (Å²) in [6, 6.07) is 13.7. The molecule has 0 fully saturated rings. The number of nitrogens with zero attached hydrogens (tertiary/aromatic N) is 2. The monoisotopic (exact) mass is 266 g/mol. The normalized spacial score (nSPS) is 11.1. The first-order valence-corrected chi connectivity index (χ1v) is 6.91. The Bertz CT molecular complexity index is 759. The van der Waals surface area contributed by atoms with Gasteiger partial charge in [-0.25, -0.2) is 4.98 Å². The molecule has 0 unspecified atom stereocenters. The molecule has 2 aromatic carbocycles. The van der Waals surface area contributed by atoms with Gasteiger partial charge in [0.05, 0.1) is 11.0 Å². The SMILES string of the molecule is CCn1c(Cc2ccc(O)cc2C)nc2ccccc21. The number of hydrogen-bond acceptors (Lipinski definition) is 2. The number of imidazole rings is 1. The largest absolute Gasteiger partial charge is 0.508 e. The van der Waals surface area contributed by atoms with Gasteiger partial charge in [-0.3, -0.25) is 0 Å². The molecular formula is C17H18N2O. The molecule has 3 rings (SSSR count). The third-order valence-corrected chi connectivity index (χ3v) is 3.72. The molecule has 0 saturated carbocycles. The number of fused-ring (bicyclic) bond motifs is 1. The predicted octanol–water partition coefficient (Wildman–Crippen LogP) is 3.66. The van der Waals surface area contributed by atoms with Crippen LogP contribution in [0.15, 0.2) is 42.5 Å². The lowest BCUT2D eigenvalue weighted by Crippen LogP contribution is -2.03. The Morgan fingerprint density at radius 3 is 2.70 bits per heavy atom. The van der Waals surface area contributed by atoms with E-state index in [1.165, 1.54) is 11.1 Å². The zero-order chi connectivity index (χ0) is 14.1. The molecule has 102 valence electrons. The maximum absolute atomic E-state index is 9.50. The molecule has 3 aromatic rings. The van der Waals surface area contributed by atoms with Gasteiger partial charge in [0.1, 0.15) is 11.6 Å². The maximum atomic E-state index is 9.50. The average Bonchev–Trinajstić information content (AvgIpc) is 2.79. The van der Waals surface area contributed by atoms with Gasteiger partial charge in [0.15, 0.2) is 0 Å². The predicted molar refractivity (Wildman–Crippen MR) is 81.1 cm³/mol. The fourth-order valence-corrected chi connectivity index (χ4v) is 2.66. The number of aromatic nitrogens is 2. The Balaban J connectivity index is 2.06. The molecule has 20 heavy (non-hydrogen) atoms. The van der Waals surface area contributed by atoms with Crippen molar-refractivity contribution in [2.45, 2.75) is 26.8 Å². The van der Waals surface area contributed by atoms with E-state index in [1.807, 2.05) is 25.1 Å². The van der Waals surface area contributed by atoms with E-state index < -0.39 is 0 Å². The van der Waals surface area contributed by atoms with Crippen LogP contribution in [0.25, 0.3) is 11.0 Å². The third kappa shape index (κ3) is 2.16. The second kappa shape index (κ2) is 5.00. The van der Waals surface area contributed by atoms with Gasteiger partial charge in [0.25, 0.3) is 0 Å². The Hall–Kier alpha value is -2.29. The second-order valence-corrected chi connectivity index (χ2v) is 5.05. The molecule has 1 aromatic heterocycles. The van der Waals surface area contributed by atoms with Gasteiger partial charge in [-0.1, -0.05) is 18.2 Å². The molecule has 1 heterocycles. The standard InChI is InChI=1S/C17H18N2O/c1-3-19-16-7-5-4-6-15(16)18-17(19)11-13-8-9-14(20)10-12(13)2/h4-10,20H,3,11H2,1-2H3. The number of aryl methyl sites for hydroxylation is 2. The molecule has 0 amide bonds. The number of hydrogen-bond donors (Lipinski definition) is 1. The van der Waals surface area contributed by atoms with Crippen molar-refractivity contribution in [2.75, 3.05) is 0 Å². The molecule has 3 heteroatoms. The summed E-state index contributed by atoms with van der Waals surface area (Å²) in [5.41, 5.74) is 4.52. The molecule has 3 nitrogen and oxygen atoms in total. The Morgan fingerprint density at radius 1 is 1.15 bits per heavy atom. The van der Waals surface area contributed by atoms with E-state index in [2.05, 4.69) is 23.6 Å². The lowest BCUT2D eigenvalue weighted by atomic mass is 10.1. The lowest BCUT2D eigenvalue weighted by Gasteiger charge is -2.08. The summed E-state index contributed by atoms with van der Waals surface area (Å²) < 4.78 is 2.25. The van der Waals surface area contributed by atoms with Crippen LogP contribution in [0.3, 0.4) is 0 Å². The first kappa shape index (κ1) is 12.7. The smallest absolute Gasteiger partial charge is 0.115 e. The van der Waals surface area contributed by atoms with Crippen molar-refractivity contribution in [1.29, 1.82) is 0 Å². The molecule has 0 radical (unpaired) electrons. The highest BCUT2D eigenvalue weighted by Crippen LogP contribution is 2.21. The van der Waals surface area contributed by atoms with Gasteiger partial charge in [0, 0.05) is 13.0 Å². The minimum absolute atomic E-state index is 0.315. The molecular weight excluding hydrogens is 248 g/mol. The van der Waals surface area contributed by atoms with Crippen LogP contribution >= 0.6 is 0 Å². The van der Waals surface area contributed by atoms with Crippen molar-refractivity contribution in [2.24, 2.45) is 0 Å². The topological polar surface area (TPSA) is 38.0 Å². The molecule has 0 aliphatic carbocycles. The molecule has 0 bridgehead atoms. The van der Waals surface area contributed by atoms with Crippen LogP contribution < -0.4 is 0 Å². The molecule has 1 N–H and O–H groups in total. The fraction of sp³-hybridized carbons (Fsp3) is 0.235. The Labute approximate surface area is 118 Å². The zero-order valence-corrected chi connectivity index (χ0v) is 11.8. The van der Waals surface area contributed by atoms with E-state index in [1.54, 1.807) is 12.1 Å². The van der Waals surface area contributed by atoms with Gasteiger partial charge >= 0.3 is 0 Å². The number of rotatable bonds is 3. The zero-order valence-electron chi connectivity index (χ0n) is 11.8. The van der Waals surface area contributed by atoms with Gasteiger partial charge in [-0.2, -0.15) is 0 Å². The van der Waals surface area contributed by atoms with Crippen LogP contribution in [-0.4, -0.2) is 14.7 Å². The minimum Gasteiger partial charge on any atom is -0.508 e. The summed E-state index contributed by atoms with van der Waals surface area (Å²) in [6.45, 7) is 5.07. The van der Waals surface area contributed by atoms with Crippen molar-refractivity contribution in [3.63, 3.8) is 0 Å². The van der Waals surface area contributed by atoms with Crippen LogP contribution in [0.1, 0.15) is 23.9 Å². The van der Waals surface area contributed by atoms with Crippen LogP contribution in [0, 0.1) is 6.92 Å². The van der Waals surface area contributed by atoms with Crippen LogP contribution in [-0.2, 0) is 13.0 Å². The molecule has 0 saturated heterocycles. The maximum Gasteiger partial charge on any atom is 0.115 e. The Morgan fingerprint density at radius 2 is 1.95 bits per heavy atom. The third-order valence-electron chi connectivity index (χ3n) is 3.72. The van der Waals surface area contributed by atoms with E-state index >= 15 is 0 Å². The van der Waals surface area contributed by atoms with Crippen molar-refractivity contribution in [1.82, 2.24) is 9.55 Å². The van der Waals surface area contributed by atoms with Crippen molar-refractivity contribution in [3.8, 4) is 5.75 Å². The first-order valence-electron chi connectivity index (χ1n) is 6.91. The van der Waals surface area contributed by atoms with Crippen molar-refractivity contribution in [3.05, 3.63) is 59.4 Å². The summed E-state index contributed by atoms with van der Waals surface area (Å²) >= 11 is 0. The summed E-state index contributed by atoms with van der Waals surface area (Å²) in [5, 5.41) is 9.50. The quantitative estimate of drug-likeness (QED) is 0.785. The van der Waals surface area contributed by atoms with Crippen LogP contribution in [0.5, 0.6) is 5.75 Å². The van der Waals surface area contributed by atoms with E-state index in [4.69, 9.17) is 4.98 Å². The summed E-state index contributed by atoms with van der Waals surface area (Å²) in [6.07, 6.45) is 0.786. The van der Waals surface area contributed by atoms with Crippen LogP contribution in [0.2, 0.25) is 0 Å². The Kier molecular flexibility index (Phi) is 3.18. The lowest BCUT2D eigenvalue weighted by molar-refractivity contribution is 0.474. The second-order valence-electron chi connectivity index (χ2n) is 5.05. The highest BCUT2D eigenvalue weighted by molar-refractivity contribution is 5.76. The average molecular weight is 266 g/mol. The summed E-state index contributed by atoms with van der Waals surface area (Å²) in [7, 11) is 0. The van der Waals surface area contributed by atoms with E-state index in [0.29, 0.717) is 5.75 Å². The molecule has 0 atom stereocenters. The van der Waals surface area contributed by atoms with E-state index in [9.17, 15) is 5.11 Å². The van der Waals surface area contributed by atoms with E-state index in [0.717, 1.165) is 29.9 Å². The van der Waals surface area contributed by atoms with E-state index in [-0.39, 0.29) is 0 Å². The van der Waals surface area contributed by atoms with Crippen molar-refractivity contribution >= 4 is 11.0 Å². The number of benzene rings is 2. The van der Waals surface area contributed by atoms with Crippen LogP contribution in [0.4, 0.5) is 0 Å². The number of phenols is 1.